The molecule has 2 nitrogen and oxygen atoms in total. The van der Waals surface area contributed by atoms with Crippen molar-refractivity contribution in [2.45, 2.75) is 32.6 Å². The molecule has 0 saturated carbocycles. The highest BCUT2D eigenvalue weighted by atomic mass is 35.5. The fraction of sp³-hybridized carbons (Fsp3) is 0.500. The minimum Gasteiger partial charge on any atom is -0.371 e. The van der Waals surface area contributed by atoms with Gasteiger partial charge in [0.15, 0.2) is 0 Å². The van der Waals surface area contributed by atoms with E-state index in [1.165, 1.54) is 11.1 Å². The first-order valence-electron chi connectivity index (χ1n) is 5.15. The largest absolute Gasteiger partial charge is 0.371 e. The minimum atomic E-state index is 0. The highest BCUT2D eigenvalue weighted by molar-refractivity contribution is 5.85. The van der Waals surface area contributed by atoms with Crippen molar-refractivity contribution < 1.29 is 4.74 Å². The summed E-state index contributed by atoms with van der Waals surface area (Å²) in [7, 11) is 0. The monoisotopic (exact) mass is 227 g/mol. The molecule has 2 rings (SSSR count). The lowest BCUT2D eigenvalue weighted by Gasteiger charge is -2.33. The number of ether oxygens (including phenoxy) is 1. The predicted octanol–water partition coefficient (Wildman–Crippen LogP) is 2.66. The molecule has 0 saturated heterocycles. The van der Waals surface area contributed by atoms with E-state index in [9.17, 15) is 0 Å². The minimum absolute atomic E-state index is 0. The quantitative estimate of drug-likeness (QED) is 0.801. The Hall–Kier alpha value is -0.570. The lowest BCUT2D eigenvalue weighted by Crippen LogP contribution is -2.37. The van der Waals surface area contributed by atoms with E-state index in [-0.39, 0.29) is 24.6 Å². The molecule has 15 heavy (non-hydrogen) atoms. The molecule has 0 fully saturated rings. The lowest BCUT2D eigenvalue weighted by atomic mass is 9.89. The van der Waals surface area contributed by atoms with Gasteiger partial charge >= 0.3 is 0 Å². The van der Waals surface area contributed by atoms with E-state index in [1.54, 1.807) is 0 Å². The molecule has 0 aromatic heterocycles. The summed E-state index contributed by atoms with van der Waals surface area (Å²) in [6.07, 6.45) is 0.157. The van der Waals surface area contributed by atoms with E-state index in [1.807, 2.05) is 12.1 Å². The van der Waals surface area contributed by atoms with Crippen LogP contribution in [0.1, 0.15) is 31.0 Å². The molecule has 1 aliphatic rings. The summed E-state index contributed by atoms with van der Waals surface area (Å²) in [5.74, 6) is 0.471. The lowest BCUT2D eigenvalue weighted by molar-refractivity contribution is -0.0194. The molecule has 2 N–H and O–H groups in total. The Morgan fingerprint density at radius 2 is 2.00 bits per heavy atom. The van der Waals surface area contributed by atoms with Gasteiger partial charge < -0.3 is 10.5 Å². The molecule has 1 aromatic rings. The molecule has 0 aliphatic carbocycles. The van der Waals surface area contributed by atoms with Crippen LogP contribution < -0.4 is 5.73 Å². The average molecular weight is 228 g/mol. The van der Waals surface area contributed by atoms with Crippen molar-refractivity contribution in [1.82, 2.24) is 0 Å². The van der Waals surface area contributed by atoms with Gasteiger partial charge in [-0.25, -0.2) is 0 Å². The molecule has 1 heterocycles. The van der Waals surface area contributed by atoms with Gasteiger partial charge in [0.1, 0.15) is 0 Å². The summed E-state index contributed by atoms with van der Waals surface area (Å²) in [5.41, 5.74) is 8.65. The van der Waals surface area contributed by atoms with Gasteiger partial charge in [0, 0.05) is 0 Å². The summed E-state index contributed by atoms with van der Waals surface area (Å²) >= 11 is 0. The number of hydrogen-bond acceptors (Lipinski definition) is 2. The van der Waals surface area contributed by atoms with E-state index in [0.29, 0.717) is 12.5 Å². The molecule has 3 heteroatoms. The number of nitrogens with two attached hydrogens (primary N) is 1. The molecule has 1 aromatic carbocycles. The molecular formula is C12H18ClNO. The van der Waals surface area contributed by atoms with Crippen LogP contribution in [0.2, 0.25) is 0 Å². The van der Waals surface area contributed by atoms with Crippen molar-refractivity contribution >= 4 is 12.4 Å². The second-order valence-electron chi connectivity index (χ2n) is 4.24. The van der Waals surface area contributed by atoms with E-state index in [4.69, 9.17) is 10.5 Å². The molecule has 0 spiro atoms. The van der Waals surface area contributed by atoms with Crippen LogP contribution in [0.25, 0.3) is 0 Å². The fourth-order valence-corrected chi connectivity index (χ4v) is 2.06. The zero-order valence-electron chi connectivity index (χ0n) is 9.14. The van der Waals surface area contributed by atoms with Crippen LogP contribution in [0.4, 0.5) is 0 Å². The number of rotatable bonds is 1. The van der Waals surface area contributed by atoms with Crippen molar-refractivity contribution in [2.75, 3.05) is 0 Å². The molecule has 2 atom stereocenters. The Labute approximate surface area is 97.2 Å². The van der Waals surface area contributed by atoms with Crippen LogP contribution in [0.5, 0.6) is 0 Å². The van der Waals surface area contributed by atoms with Crippen molar-refractivity contribution in [3.05, 3.63) is 35.4 Å². The maximum Gasteiger partial charge on any atom is 0.0795 e. The summed E-state index contributed by atoms with van der Waals surface area (Å²) < 4.78 is 5.75. The number of hydrogen-bond donors (Lipinski definition) is 1. The third kappa shape index (κ3) is 2.33. The highest BCUT2D eigenvalue weighted by Crippen LogP contribution is 2.30. The fourth-order valence-electron chi connectivity index (χ4n) is 2.06. The van der Waals surface area contributed by atoms with Gasteiger partial charge in [-0.05, 0) is 17.0 Å². The third-order valence-corrected chi connectivity index (χ3v) is 2.86. The molecule has 0 bridgehead atoms. The second-order valence-corrected chi connectivity index (χ2v) is 4.24. The molecule has 2 unspecified atom stereocenters. The Morgan fingerprint density at radius 3 is 2.67 bits per heavy atom. The number of fused-ring (bicyclic) bond motifs is 1. The zero-order valence-corrected chi connectivity index (χ0v) is 9.96. The van der Waals surface area contributed by atoms with Crippen LogP contribution in [0.3, 0.4) is 0 Å². The van der Waals surface area contributed by atoms with Crippen molar-refractivity contribution in [1.29, 1.82) is 0 Å². The molecular weight excluding hydrogens is 210 g/mol. The Balaban J connectivity index is 0.00000112. The van der Waals surface area contributed by atoms with Gasteiger partial charge in [-0.3, -0.25) is 0 Å². The van der Waals surface area contributed by atoms with Gasteiger partial charge in [0.2, 0.25) is 0 Å². The van der Waals surface area contributed by atoms with Crippen LogP contribution >= 0.6 is 12.4 Å². The van der Waals surface area contributed by atoms with E-state index >= 15 is 0 Å². The van der Waals surface area contributed by atoms with E-state index < -0.39 is 0 Å². The first kappa shape index (κ1) is 12.5. The summed E-state index contributed by atoms with van der Waals surface area (Å²) in [5, 5.41) is 0. The molecule has 0 amide bonds. The highest BCUT2D eigenvalue weighted by Gasteiger charge is 2.29. The van der Waals surface area contributed by atoms with Crippen LogP contribution in [0.15, 0.2) is 24.3 Å². The van der Waals surface area contributed by atoms with Gasteiger partial charge in [-0.1, -0.05) is 38.1 Å². The Morgan fingerprint density at radius 1 is 1.33 bits per heavy atom. The second kappa shape index (κ2) is 4.97. The SMILES string of the molecule is CC(C)C1OCc2ccccc2C1N.Cl. The first-order chi connectivity index (χ1) is 6.70. The zero-order chi connectivity index (χ0) is 10.1. The first-order valence-corrected chi connectivity index (χ1v) is 5.15. The van der Waals surface area contributed by atoms with Gasteiger partial charge in [0.25, 0.3) is 0 Å². The predicted molar refractivity (Wildman–Crippen MR) is 64.0 cm³/mol. The average Bonchev–Trinajstić information content (AvgIpc) is 2.18. The van der Waals surface area contributed by atoms with Crippen LogP contribution in [-0.2, 0) is 11.3 Å². The third-order valence-electron chi connectivity index (χ3n) is 2.86. The summed E-state index contributed by atoms with van der Waals surface area (Å²) in [6, 6.07) is 8.30. The summed E-state index contributed by atoms with van der Waals surface area (Å²) in [4.78, 5) is 0. The van der Waals surface area contributed by atoms with E-state index in [2.05, 4.69) is 26.0 Å². The molecule has 84 valence electrons. The number of benzene rings is 1. The molecule has 0 radical (unpaired) electrons. The van der Waals surface area contributed by atoms with Gasteiger partial charge in [-0.15, -0.1) is 12.4 Å². The van der Waals surface area contributed by atoms with Crippen LogP contribution in [-0.4, -0.2) is 6.10 Å². The summed E-state index contributed by atoms with van der Waals surface area (Å²) in [6.45, 7) is 5.00. The maximum atomic E-state index is 6.17. The Bertz CT molecular complexity index is 327. The molecule has 1 aliphatic heterocycles. The van der Waals surface area contributed by atoms with Crippen molar-refractivity contribution in [2.24, 2.45) is 11.7 Å². The van der Waals surface area contributed by atoms with Crippen molar-refractivity contribution in [3.8, 4) is 0 Å². The smallest absolute Gasteiger partial charge is 0.0795 e. The van der Waals surface area contributed by atoms with Crippen LogP contribution in [0, 0.1) is 5.92 Å². The Kier molecular flexibility index (Phi) is 4.14. The normalized spacial score (nSPS) is 24.5. The van der Waals surface area contributed by atoms with Gasteiger partial charge in [-0.2, -0.15) is 0 Å². The van der Waals surface area contributed by atoms with Gasteiger partial charge in [0.05, 0.1) is 18.8 Å². The topological polar surface area (TPSA) is 35.2 Å². The standard InChI is InChI=1S/C12H17NO.ClH/c1-8(2)12-11(13)10-6-4-3-5-9(10)7-14-12;/h3-6,8,11-12H,7,13H2,1-2H3;1H. The number of halogens is 1. The maximum absolute atomic E-state index is 6.17. The van der Waals surface area contributed by atoms with E-state index in [0.717, 1.165) is 0 Å². The van der Waals surface area contributed by atoms with Crippen molar-refractivity contribution in [3.63, 3.8) is 0 Å².